The van der Waals surface area contributed by atoms with Gasteiger partial charge in [-0.1, -0.05) is 48.0 Å². The number of nitrogens with zero attached hydrogens (tertiary/aromatic N) is 2. The molecule has 0 aliphatic heterocycles. The summed E-state index contributed by atoms with van der Waals surface area (Å²) in [5, 5.41) is -0.192. The van der Waals surface area contributed by atoms with Crippen LogP contribution in [0.15, 0.2) is 65.6 Å². The standard InChI is InChI=1S/C35H37ClF2N2O4S2/c1-35(2,3)44-34(42)39(4)23-13-15-24(16-14-23)40(33(41)32-30(36)29-26(37)17-18-27(38)31(29)45-32)20-21-9-8-10-22(19-21)25-11-6-7-12-28(25)46(5)43/h6-12,17-19,23-24H,13-16,20H2,1-5H3. The second-order valence-electron chi connectivity index (χ2n) is 12.6. The van der Waals surface area contributed by atoms with E-state index in [0.717, 1.165) is 40.2 Å². The Labute approximate surface area is 279 Å². The van der Waals surface area contributed by atoms with Gasteiger partial charge in [-0.15, -0.1) is 11.3 Å². The van der Waals surface area contributed by atoms with Crippen LogP contribution in [-0.4, -0.2) is 57.0 Å². The van der Waals surface area contributed by atoms with Gasteiger partial charge in [-0.2, -0.15) is 0 Å². The Morgan fingerprint density at radius 1 is 0.978 bits per heavy atom. The highest BCUT2D eigenvalue weighted by molar-refractivity contribution is 7.84. The fourth-order valence-electron chi connectivity index (χ4n) is 5.96. The normalized spacial score (nSPS) is 17.5. The number of hydrogen-bond acceptors (Lipinski definition) is 5. The lowest BCUT2D eigenvalue weighted by molar-refractivity contribution is 0.0144. The summed E-state index contributed by atoms with van der Waals surface area (Å²) in [7, 11) is 0.529. The summed E-state index contributed by atoms with van der Waals surface area (Å²) in [4.78, 5) is 31.2. The summed E-state index contributed by atoms with van der Waals surface area (Å²) >= 11 is 7.44. The molecule has 1 aliphatic carbocycles. The molecule has 6 nitrogen and oxygen atoms in total. The number of benzene rings is 3. The van der Waals surface area contributed by atoms with Crippen molar-refractivity contribution in [3.8, 4) is 11.1 Å². The van der Waals surface area contributed by atoms with Crippen LogP contribution in [0.5, 0.6) is 0 Å². The first kappa shape index (κ1) is 34.0. The maximum atomic E-state index is 14.8. The lowest BCUT2D eigenvalue weighted by Crippen LogP contribution is -2.47. The van der Waals surface area contributed by atoms with Crippen LogP contribution in [0, 0.1) is 11.6 Å². The van der Waals surface area contributed by atoms with E-state index in [1.807, 2.05) is 69.3 Å². The van der Waals surface area contributed by atoms with Gasteiger partial charge in [0.1, 0.15) is 22.1 Å². The van der Waals surface area contributed by atoms with Crippen LogP contribution in [0.4, 0.5) is 13.6 Å². The van der Waals surface area contributed by atoms with Gasteiger partial charge in [0.05, 0.1) is 25.9 Å². The summed E-state index contributed by atoms with van der Waals surface area (Å²) < 4.78 is 47.5. The largest absolute Gasteiger partial charge is 0.444 e. The Bertz CT molecular complexity index is 1800. The average molecular weight is 687 g/mol. The molecule has 4 aromatic rings. The summed E-state index contributed by atoms with van der Waals surface area (Å²) in [6, 6.07) is 17.0. The molecule has 0 bridgehead atoms. The van der Waals surface area contributed by atoms with Crippen molar-refractivity contribution in [3.63, 3.8) is 0 Å². The predicted octanol–water partition coefficient (Wildman–Crippen LogP) is 9.06. The first-order valence-electron chi connectivity index (χ1n) is 15.1. The minimum Gasteiger partial charge on any atom is -0.444 e. The Hall–Kier alpha value is -3.34. The first-order valence-corrected chi connectivity index (χ1v) is 17.8. The van der Waals surface area contributed by atoms with Crippen LogP contribution in [-0.2, 0) is 22.1 Å². The molecule has 5 rings (SSSR count). The number of fused-ring (bicyclic) bond motifs is 1. The third-order valence-corrected chi connectivity index (χ3v) is 10.9. The second-order valence-corrected chi connectivity index (χ2v) is 15.4. The maximum absolute atomic E-state index is 14.8. The van der Waals surface area contributed by atoms with Gasteiger partial charge in [0.2, 0.25) is 0 Å². The van der Waals surface area contributed by atoms with Gasteiger partial charge in [0.15, 0.2) is 0 Å². The summed E-state index contributed by atoms with van der Waals surface area (Å²) in [5.74, 6) is -1.73. The van der Waals surface area contributed by atoms with Crippen molar-refractivity contribution < 1.29 is 27.3 Å². The number of carbonyl (C=O) groups is 2. The molecule has 1 fully saturated rings. The van der Waals surface area contributed by atoms with Crippen LogP contribution < -0.4 is 0 Å². The fraction of sp³-hybridized carbons (Fsp3) is 0.371. The summed E-state index contributed by atoms with van der Waals surface area (Å²) in [6.07, 6.45) is 3.74. The van der Waals surface area contributed by atoms with E-state index in [9.17, 15) is 22.6 Å². The van der Waals surface area contributed by atoms with E-state index in [-0.39, 0.29) is 38.6 Å². The molecule has 0 N–H and O–H groups in total. The molecular formula is C35H37ClF2N2O4S2. The smallest absolute Gasteiger partial charge is 0.410 e. The SMILES string of the molecule is CN(C(=O)OC(C)(C)C)C1CCC(N(Cc2cccc(-c3ccccc3S(C)=O)c2)C(=O)c2sc3c(F)ccc(F)c3c2Cl)CC1. The van der Waals surface area contributed by atoms with E-state index in [1.54, 1.807) is 23.1 Å². The Morgan fingerprint density at radius 3 is 2.28 bits per heavy atom. The molecule has 1 aliphatic rings. The van der Waals surface area contributed by atoms with E-state index in [2.05, 4.69) is 0 Å². The van der Waals surface area contributed by atoms with E-state index in [0.29, 0.717) is 30.6 Å². The van der Waals surface area contributed by atoms with Crippen molar-refractivity contribution in [1.82, 2.24) is 9.80 Å². The van der Waals surface area contributed by atoms with Crippen LogP contribution in [0.1, 0.15) is 61.7 Å². The predicted molar refractivity (Wildman–Crippen MR) is 181 cm³/mol. The van der Waals surface area contributed by atoms with Crippen LogP contribution >= 0.6 is 22.9 Å². The van der Waals surface area contributed by atoms with Gasteiger partial charge in [0.25, 0.3) is 5.91 Å². The first-order chi connectivity index (χ1) is 21.7. The Balaban J connectivity index is 1.47. The molecule has 46 heavy (non-hydrogen) atoms. The summed E-state index contributed by atoms with van der Waals surface area (Å²) in [6.45, 7) is 5.69. The van der Waals surface area contributed by atoms with Crippen LogP contribution in [0.2, 0.25) is 5.02 Å². The number of hydrogen-bond donors (Lipinski definition) is 0. The minimum atomic E-state index is -1.20. The molecule has 1 unspecified atom stereocenters. The third-order valence-electron chi connectivity index (χ3n) is 8.26. The third kappa shape index (κ3) is 7.29. The zero-order valence-electron chi connectivity index (χ0n) is 26.4. The van der Waals surface area contributed by atoms with Gasteiger partial charge in [-0.3, -0.25) is 9.00 Å². The van der Waals surface area contributed by atoms with Crippen molar-refractivity contribution in [2.75, 3.05) is 13.3 Å². The summed E-state index contributed by atoms with van der Waals surface area (Å²) in [5.41, 5.74) is 1.93. The number of amides is 2. The zero-order chi connectivity index (χ0) is 33.3. The molecule has 1 atom stereocenters. The number of ether oxygens (including phenoxy) is 1. The van der Waals surface area contributed by atoms with E-state index in [4.69, 9.17) is 16.3 Å². The van der Waals surface area contributed by atoms with Crippen molar-refractivity contribution in [2.24, 2.45) is 0 Å². The van der Waals surface area contributed by atoms with E-state index < -0.39 is 40.0 Å². The fourth-order valence-corrected chi connectivity index (χ4v) is 8.23. The van der Waals surface area contributed by atoms with E-state index in [1.165, 1.54) is 0 Å². The topological polar surface area (TPSA) is 66.9 Å². The van der Waals surface area contributed by atoms with Gasteiger partial charge in [-0.25, -0.2) is 13.6 Å². The maximum Gasteiger partial charge on any atom is 0.410 e. The number of halogens is 3. The van der Waals surface area contributed by atoms with Gasteiger partial charge >= 0.3 is 6.09 Å². The van der Waals surface area contributed by atoms with E-state index >= 15 is 0 Å². The van der Waals surface area contributed by atoms with Crippen LogP contribution in [0.3, 0.4) is 0 Å². The van der Waals surface area contributed by atoms with Crippen molar-refractivity contribution in [2.45, 2.75) is 75.6 Å². The Kier molecular flexibility index (Phi) is 10.2. The quantitative estimate of drug-likeness (QED) is 0.195. The second kappa shape index (κ2) is 13.8. The average Bonchev–Trinajstić information content (AvgIpc) is 3.38. The Morgan fingerprint density at radius 2 is 1.63 bits per heavy atom. The van der Waals surface area contributed by atoms with Crippen LogP contribution in [0.25, 0.3) is 21.2 Å². The molecular weight excluding hydrogens is 650 g/mol. The number of thiophene rings is 1. The number of rotatable bonds is 7. The molecule has 0 radical (unpaired) electrons. The van der Waals surface area contributed by atoms with Gasteiger partial charge in [0, 0.05) is 36.8 Å². The van der Waals surface area contributed by atoms with Crippen molar-refractivity contribution in [1.29, 1.82) is 0 Å². The minimum absolute atomic E-state index is 0.00200. The molecule has 0 spiro atoms. The molecule has 1 saturated carbocycles. The zero-order valence-corrected chi connectivity index (χ0v) is 28.8. The van der Waals surface area contributed by atoms with Crippen molar-refractivity contribution >= 4 is 55.8 Å². The highest BCUT2D eigenvalue weighted by Crippen LogP contribution is 2.40. The molecule has 1 heterocycles. The molecule has 2 amide bonds. The lowest BCUT2D eigenvalue weighted by atomic mass is 9.89. The molecule has 0 saturated heterocycles. The van der Waals surface area contributed by atoms with Crippen molar-refractivity contribution in [3.05, 3.63) is 87.8 Å². The molecule has 244 valence electrons. The van der Waals surface area contributed by atoms with Gasteiger partial charge in [-0.05, 0) is 87.4 Å². The number of carbonyl (C=O) groups excluding carboxylic acids is 2. The monoisotopic (exact) mass is 686 g/mol. The highest BCUT2D eigenvalue weighted by atomic mass is 35.5. The molecule has 1 aromatic heterocycles. The molecule has 11 heteroatoms. The molecule has 3 aromatic carbocycles. The van der Waals surface area contributed by atoms with Gasteiger partial charge < -0.3 is 14.5 Å². The highest BCUT2D eigenvalue weighted by Gasteiger charge is 2.35. The lowest BCUT2D eigenvalue weighted by Gasteiger charge is -2.40.